The Balaban J connectivity index is 2.23. The van der Waals surface area contributed by atoms with Gasteiger partial charge in [0.25, 0.3) is 0 Å². The molecule has 0 radical (unpaired) electrons. The molecule has 6 nitrogen and oxygen atoms in total. The van der Waals surface area contributed by atoms with Crippen LogP contribution >= 0.6 is 12.2 Å². The van der Waals surface area contributed by atoms with Crippen molar-refractivity contribution in [2.45, 2.75) is 51.7 Å². The second kappa shape index (κ2) is 8.65. The van der Waals surface area contributed by atoms with Crippen LogP contribution in [0.25, 0.3) is 0 Å². The van der Waals surface area contributed by atoms with Gasteiger partial charge in [0.2, 0.25) is 10.0 Å². The molecule has 1 aliphatic rings. The third-order valence-electron chi connectivity index (χ3n) is 4.50. The molecule has 1 N–H and O–H groups in total. The van der Waals surface area contributed by atoms with Crippen LogP contribution in [0.1, 0.15) is 33.3 Å². The molecule has 1 aliphatic heterocycles. The van der Waals surface area contributed by atoms with Crippen LogP contribution in [0.3, 0.4) is 0 Å². The lowest BCUT2D eigenvalue weighted by molar-refractivity contribution is -0.0473. The van der Waals surface area contributed by atoms with Gasteiger partial charge >= 0.3 is 0 Å². The molecule has 1 fully saturated rings. The predicted molar refractivity (Wildman–Crippen MR) is 109 cm³/mol. The van der Waals surface area contributed by atoms with Crippen molar-refractivity contribution in [3.63, 3.8) is 0 Å². The summed E-state index contributed by atoms with van der Waals surface area (Å²) < 4.78 is 32.7. The molecule has 0 saturated carbocycles. The number of benzene rings is 1. The quantitative estimate of drug-likeness (QED) is 0.769. The molecule has 0 aliphatic carbocycles. The van der Waals surface area contributed by atoms with E-state index < -0.39 is 10.0 Å². The first-order chi connectivity index (χ1) is 12.2. The smallest absolute Gasteiger partial charge is 0.243 e. The second-order valence-electron chi connectivity index (χ2n) is 6.66. The van der Waals surface area contributed by atoms with Gasteiger partial charge in [0.05, 0.1) is 17.1 Å². The summed E-state index contributed by atoms with van der Waals surface area (Å²) >= 11 is 5.55. The van der Waals surface area contributed by atoms with Gasteiger partial charge in [-0.05, 0) is 50.7 Å². The Morgan fingerprint density at radius 2 is 1.85 bits per heavy atom. The highest BCUT2D eigenvalue weighted by Gasteiger charge is 2.25. The fraction of sp³-hybridized carbons (Fsp3) is 0.611. The Hall–Kier alpha value is -1.22. The minimum absolute atomic E-state index is 0.106. The third-order valence-corrected chi connectivity index (χ3v) is 6.91. The molecule has 0 spiro atoms. The first-order valence-corrected chi connectivity index (χ1v) is 10.9. The number of hydrogen-bond donors (Lipinski definition) is 1. The van der Waals surface area contributed by atoms with Crippen LogP contribution in [0.15, 0.2) is 23.1 Å². The highest BCUT2D eigenvalue weighted by atomic mass is 32.2. The molecule has 1 aromatic rings. The van der Waals surface area contributed by atoms with Crippen molar-refractivity contribution in [3.05, 3.63) is 23.8 Å². The number of anilines is 1. The fourth-order valence-electron chi connectivity index (χ4n) is 3.15. The average molecular weight is 400 g/mol. The molecule has 2 atom stereocenters. The van der Waals surface area contributed by atoms with Gasteiger partial charge in [0, 0.05) is 31.9 Å². The van der Waals surface area contributed by atoms with E-state index >= 15 is 0 Å². The van der Waals surface area contributed by atoms with E-state index in [1.54, 1.807) is 12.1 Å². The Bertz CT molecular complexity index is 738. The zero-order valence-electron chi connectivity index (χ0n) is 16.2. The maximum absolute atomic E-state index is 12.8. The summed E-state index contributed by atoms with van der Waals surface area (Å²) in [6.07, 6.45) is 0.211. The van der Waals surface area contributed by atoms with E-state index in [4.69, 9.17) is 17.0 Å². The van der Waals surface area contributed by atoms with Gasteiger partial charge in [-0.2, -0.15) is 4.31 Å². The number of sulfonamides is 1. The highest BCUT2D eigenvalue weighted by molar-refractivity contribution is 7.89. The van der Waals surface area contributed by atoms with E-state index in [-0.39, 0.29) is 17.1 Å². The van der Waals surface area contributed by atoms with Gasteiger partial charge in [0.1, 0.15) is 0 Å². The summed E-state index contributed by atoms with van der Waals surface area (Å²) in [5.41, 5.74) is 1.66. The van der Waals surface area contributed by atoms with Gasteiger partial charge in [-0.15, -0.1) is 0 Å². The molecule has 146 valence electrons. The van der Waals surface area contributed by atoms with E-state index in [2.05, 4.69) is 10.2 Å². The summed E-state index contributed by atoms with van der Waals surface area (Å²) in [6, 6.07) is 5.13. The van der Waals surface area contributed by atoms with Crippen LogP contribution in [0.2, 0.25) is 0 Å². The molecule has 1 heterocycles. The predicted octanol–water partition coefficient (Wildman–Crippen LogP) is 2.83. The summed E-state index contributed by atoms with van der Waals surface area (Å²) in [5, 5.41) is 3.82. The van der Waals surface area contributed by atoms with Crippen LogP contribution < -0.4 is 5.32 Å². The van der Waals surface area contributed by atoms with Crippen LogP contribution in [-0.4, -0.2) is 61.1 Å². The molecule has 0 unspecified atom stereocenters. The number of nitrogens with one attached hydrogen (secondary N) is 1. The number of rotatable bonds is 5. The fourth-order valence-corrected chi connectivity index (χ4v) is 4.89. The molecule has 8 heteroatoms. The SMILES string of the molecule is CCN(CC)S(=O)(=O)c1ccc(C)c(NC(=S)N2C[C@@H](C)O[C@@H](C)C2)c1. The van der Waals surface area contributed by atoms with E-state index in [9.17, 15) is 8.42 Å². The standard InChI is InChI=1S/C18H29N3O3S2/c1-6-21(7-2)26(22,23)16-9-8-13(3)17(10-16)19-18(25)20-11-14(4)24-15(5)12-20/h8-10,14-15H,6-7,11-12H2,1-5H3,(H,19,25)/t14-,15+. The lowest BCUT2D eigenvalue weighted by Crippen LogP contribution is -2.49. The molecule has 26 heavy (non-hydrogen) atoms. The normalized spacial score (nSPS) is 21.1. The Morgan fingerprint density at radius 3 is 2.38 bits per heavy atom. The van der Waals surface area contributed by atoms with Crippen molar-refractivity contribution in [3.8, 4) is 0 Å². The number of thiocarbonyl (C=S) groups is 1. The van der Waals surface area contributed by atoms with Crippen molar-refractivity contribution < 1.29 is 13.2 Å². The highest BCUT2D eigenvalue weighted by Crippen LogP contribution is 2.24. The average Bonchev–Trinajstić information content (AvgIpc) is 2.56. The molecule has 2 rings (SSSR count). The monoisotopic (exact) mass is 399 g/mol. The van der Waals surface area contributed by atoms with E-state index in [1.165, 1.54) is 4.31 Å². The third kappa shape index (κ3) is 4.73. The Labute approximate surface area is 162 Å². The lowest BCUT2D eigenvalue weighted by atomic mass is 10.2. The maximum Gasteiger partial charge on any atom is 0.243 e. The minimum Gasteiger partial charge on any atom is -0.372 e. The number of nitrogens with zero attached hydrogens (tertiary/aromatic N) is 2. The zero-order valence-corrected chi connectivity index (χ0v) is 17.8. The molecule has 1 aromatic carbocycles. The lowest BCUT2D eigenvalue weighted by Gasteiger charge is -2.37. The molecule has 0 amide bonds. The summed E-state index contributed by atoms with van der Waals surface area (Å²) in [7, 11) is -3.50. The van der Waals surface area contributed by atoms with Crippen LogP contribution in [0.5, 0.6) is 0 Å². The van der Waals surface area contributed by atoms with Crippen LogP contribution in [0, 0.1) is 6.92 Å². The zero-order chi connectivity index (χ0) is 19.5. The van der Waals surface area contributed by atoms with E-state index in [0.29, 0.717) is 31.3 Å². The molecular formula is C18H29N3O3S2. The summed E-state index contributed by atoms with van der Waals surface area (Å²) in [4.78, 5) is 2.35. The first-order valence-electron chi connectivity index (χ1n) is 9.01. The first kappa shape index (κ1) is 21.1. The van der Waals surface area contributed by atoms with Crippen LogP contribution in [-0.2, 0) is 14.8 Å². The largest absolute Gasteiger partial charge is 0.372 e. The van der Waals surface area contributed by atoms with Crippen molar-refractivity contribution in [1.29, 1.82) is 0 Å². The molecular weight excluding hydrogens is 370 g/mol. The molecule has 1 saturated heterocycles. The number of aryl methyl sites for hydroxylation is 1. The van der Waals surface area contributed by atoms with Gasteiger partial charge in [0.15, 0.2) is 5.11 Å². The van der Waals surface area contributed by atoms with Crippen LogP contribution in [0.4, 0.5) is 5.69 Å². The topological polar surface area (TPSA) is 61.9 Å². The second-order valence-corrected chi connectivity index (χ2v) is 8.98. The summed E-state index contributed by atoms with van der Waals surface area (Å²) in [6.45, 7) is 12.0. The van der Waals surface area contributed by atoms with Crippen molar-refractivity contribution >= 4 is 33.0 Å². The maximum atomic E-state index is 12.8. The Kier molecular flexibility index (Phi) is 7.01. The van der Waals surface area contributed by atoms with E-state index in [1.807, 2.05) is 40.7 Å². The van der Waals surface area contributed by atoms with Gasteiger partial charge in [-0.3, -0.25) is 0 Å². The molecule has 0 aromatic heterocycles. The minimum atomic E-state index is -3.50. The summed E-state index contributed by atoms with van der Waals surface area (Å²) in [5.74, 6) is 0. The number of hydrogen-bond acceptors (Lipinski definition) is 4. The van der Waals surface area contributed by atoms with E-state index in [0.717, 1.165) is 11.3 Å². The van der Waals surface area contributed by atoms with Crippen molar-refractivity contribution in [1.82, 2.24) is 9.21 Å². The van der Waals surface area contributed by atoms with Crippen molar-refractivity contribution in [2.75, 3.05) is 31.5 Å². The van der Waals surface area contributed by atoms with Crippen molar-refractivity contribution in [2.24, 2.45) is 0 Å². The van der Waals surface area contributed by atoms with Gasteiger partial charge < -0.3 is 15.0 Å². The number of ether oxygens (including phenoxy) is 1. The number of morpholine rings is 1. The molecule has 0 bridgehead atoms. The Morgan fingerprint density at radius 1 is 1.27 bits per heavy atom. The van der Waals surface area contributed by atoms with Gasteiger partial charge in [-0.1, -0.05) is 19.9 Å². The van der Waals surface area contributed by atoms with Gasteiger partial charge in [-0.25, -0.2) is 8.42 Å².